The average Bonchev–Trinajstić information content (AvgIpc) is 2.86. The fourth-order valence-corrected chi connectivity index (χ4v) is 3.34. The summed E-state index contributed by atoms with van der Waals surface area (Å²) in [5.41, 5.74) is 4.93. The lowest BCUT2D eigenvalue weighted by Gasteiger charge is -2.20. The molecule has 3 aromatic rings. The molecule has 0 fully saturated rings. The number of rotatable bonds is 3. The molecule has 0 amide bonds. The van der Waals surface area contributed by atoms with Crippen LogP contribution in [-0.2, 0) is 4.74 Å². The molecule has 118 valence electrons. The molecule has 1 aromatic carbocycles. The number of ether oxygens (including phenoxy) is 1. The van der Waals surface area contributed by atoms with Crippen LogP contribution in [0.25, 0.3) is 10.9 Å². The monoisotopic (exact) mass is 308 g/mol. The topological polar surface area (TPSA) is 44.1 Å². The van der Waals surface area contributed by atoms with Crippen LogP contribution in [0, 0.1) is 13.8 Å². The summed E-state index contributed by atoms with van der Waals surface area (Å²) in [5, 5.41) is 0.926. The zero-order valence-electron chi connectivity index (χ0n) is 13.8. The summed E-state index contributed by atoms with van der Waals surface area (Å²) in [6.45, 7) is 6.17. The second-order valence-corrected chi connectivity index (χ2v) is 5.75. The number of carbonyl (C=O) groups excluding carboxylic acids is 1. The Morgan fingerprint density at radius 1 is 1.22 bits per heavy atom. The van der Waals surface area contributed by atoms with Gasteiger partial charge in [-0.15, -0.1) is 0 Å². The number of hydrogen-bond acceptors (Lipinski definition) is 3. The third-order valence-electron chi connectivity index (χ3n) is 4.45. The highest BCUT2D eigenvalue weighted by Crippen LogP contribution is 2.32. The normalized spacial score (nSPS) is 12.3. The predicted molar refractivity (Wildman–Crippen MR) is 90.8 cm³/mol. The number of hydrogen-bond donors (Lipinski definition) is 0. The first-order valence-electron chi connectivity index (χ1n) is 7.64. The molecule has 0 aliphatic heterocycles. The van der Waals surface area contributed by atoms with Gasteiger partial charge in [-0.25, -0.2) is 4.79 Å². The van der Waals surface area contributed by atoms with Gasteiger partial charge < -0.3 is 9.30 Å². The van der Waals surface area contributed by atoms with E-state index in [1.54, 1.807) is 6.20 Å². The van der Waals surface area contributed by atoms with E-state index in [9.17, 15) is 4.79 Å². The van der Waals surface area contributed by atoms with Gasteiger partial charge in [0.2, 0.25) is 0 Å². The Labute approximate surface area is 135 Å². The van der Waals surface area contributed by atoms with Crippen molar-refractivity contribution in [1.82, 2.24) is 9.55 Å². The van der Waals surface area contributed by atoms with Crippen molar-refractivity contribution in [2.75, 3.05) is 7.11 Å². The number of esters is 1. The summed E-state index contributed by atoms with van der Waals surface area (Å²) < 4.78 is 7.18. The molecule has 3 rings (SSSR count). The maximum atomic E-state index is 12.2. The van der Waals surface area contributed by atoms with Gasteiger partial charge in [0.25, 0.3) is 0 Å². The molecule has 0 saturated heterocycles. The number of aromatic nitrogens is 2. The SMILES string of the molecule is COC(=O)c1c(C)n(C(C)c2ccncc2C)c2ccccc12. The molecular formula is C19H20N2O2. The third-order valence-corrected chi connectivity index (χ3v) is 4.45. The van der Waals surface area contributed by atoms with Crippen molar-refractivity contribution in [3.05, 3.63) is 65.1 Å². The number of carbonyl (C=O) groups is 1. The minimum Gasteiger partial charge on any atom is -0.465 e. The van der Waals surface area contributed by atoms with Gasteiger partial charge in [-0.1, -0.05) is 18.2 Å². The number of fused-ring (bicyclic) bond motifs is 1. The van der Waals surface area contributed by atoms with Gasteiger partial charge in [0, 0.05) is 29.0 Å². The standard InChI is InChI=1S/C19H20N2O2/c1-12-11-20-10-9-15(12)13(2)21-14(3)18(19(22)23-4)16-7-5-6-8-17(16)21/h5-11,13H,1-4H3. The summed E-state index contributed by atoms with van der Waals surface area (Å²) in [7, 11) is 1.42. The van der Waals surface area contributed by atoms with Crippen LogP contribution in [0.5, 0.6) is 0 Å². The van der Waals surface area contributed by atoms with Crippen LogP contribution in [0.3, 0.4) is 0 Å². The van der Waals surface area contributed by atoms with Crippen molar-refractivity contribution in [3.8, 4) is 0 Å². The van der Waals surface area contributed by atoms with Crippen molar-refractivity contribution in [2.45, 2.75) is 26.8 Å². The van der Waals surface area contributed by atoms with Crippen LogP contribution in [0.1, 0.15) is 40.1 Å². The first-order chi connectivity index (χ1) is 11.1. The molecule has 0 N–H and O–H groups in total. The third kappa shape index (κ3) is 2.40. The summed E-state index contributed by atoms with van der Waals surface area (Å²) in [4.78, 5) is 16.4. The fourth-order valence-electron chi connectivity index (χ4n) is 3.34. The van der Waals surface area contributed by atoms with E-state index in [1.165, 1.54) is 12.7 Å². The predicted octanol–water partition coefficient (Wildman–Crippen LogP) is 4.05. The number of aryl methyl sites for hydroxylation is 1. The van der Waals surface area contributed by atoms with Gasteiger partial charge in [-0.3, -0.25) is 4.98 Å². The van der Waals surface area contributed by atoms with E-state index < -0.39 is 0 Å². The Morgan fingerprint density at radius 3 is 2.65 bits per heavy atom. The summed E-state index contributed by atoms with van der Waals surface area (Å²) in [6, 6.07) is 10.1. The van der Waals surface area contributed by atoms with Crippen LogP contribution in [0.15, 0.2) is 42.7 Å². The minimum absolute atomic E-state index is 0.0984. The van der Waals surface area contributed by atoms with E-state index >= 15 is 0 Å². The lowest BCUT2D eigenvalue weighted by atomic mass is 10.0. The highest BCUT2D eigenvalue weighted by atomic mass is 16.5. The van der Waals surface area contributed by atoms with Crippen LogP contribution < -0.4 is 0 Å². The Hall–Kier alpha value is -2.62. The van der Waals surface area contributed by atoms with Crippen LogP contribution in [-0.4, -0.2) is 22.6 Å². The minimum atomic E-state index is -0.295. The number of para-hydroxylation sites is 1. The smallest absolute Gasteiger partial charge is 0.340 e. The zero-order valence-corrected chi connectivity index (χ0v) is 13.8. The Morgan fingerprint density at radius 2 is 1.96 bits per heavy atom. The van der Waals surface area contributed by atoms with Gasteiger partial charge in [0.05, 0.1) is 18.7 Å². The molecule has 23 heavy (non-hydrogen) atoms. The number of pyridine rings is 1. The number of benzene rings is 1. The molecule has 4 nitrogen and oxygen atoms in total. The van der Waals surface area contributed by atoms with Crippen LogP contribution in [0.2, 0.25) is 0 Å². The molecule has 0 saturated carbocycles. The van der Waals surface area contributed by atoms with Crippen LogP contribution >= 0.6 is 0 Å². The summed E-state index contributed by atoms with van der Waals surface area (Å²) in [6.07, 6.45) is 3.68. The van der Waals surface area contributed by atoms with Gasteiger partial charge in [-0.2, -0.15) is 0 Å². The molecule has 2 heterocycles. The Kier molecular flexibility index (Phi) is 3.90. The molecular weight excluding hydrogens is 288 g/mol. The van der Waals surface area contributed by atoms with Gasteiger partial charge in [-0.05, 0) is 44.0 Å². The summed E-state index contributed by atoms with van der Waals surface area (Å²) in [5.74, 6) is -0.295. The lowest BCUT2D eigenvalue weighted by molar-refractivity contribution is 0.0602. The van der Waals surface area contributed by atoms with Crippen molar-refractivity contribution in [1.29, 1.82) is 0 Å². The number of methoxy groups -OCH3 is 1. The average molecular weight is 308 g/mol. The molecule has 0 aliphatic rings. The number of nitrogens with zero attached hydrogens (tertiary/aromatic N) is 2. The molecule has 0 radical (unpaired) electrons. The molecule has 2 aromatic heterocycles. The maximum Gasteiger partial charge on any atom is 0.340 e. The van der Waals surface area contributed by atoms with Gasteiger partial charge in [0.1, 0.15) is 0 Å². The first-order valence-corrected chi connectivity index (χ1v) is 7.64. The van der Waals surface area contributed by atoms with Crippen molar-refractivity contribution < 1.29 is 9.53 Å². The lowest BCUT2D eigenvalue weighted by Crippen LogP contribution is -2.11. The van der Waals surface area contributed by atoms with E-state index in [4.69, 9.17) is 4.74 Å². The molecule has 0 aliphatic carbocycles. The molecule has 1 atom stereocenters. The van der Waals surface area contributed by atoms with Gasteiger partial charge >= 0.3 is 5.97 Å². The van der Waals surface area contributed by atoms with E-state index in [2.05, 4.69) is 23.4 Å². The van der Waals surface area contributed by atoms with Crippen molar-refractivity contribution >= 4 is 16.9 Å². The first kappa shape index (κ1) is 15.3. The van der Waals surface area contributed by atoms with E-state index in [0.717, 1.165) is 22.2 Å². The zero-order chi connectivity index (χ0) is 16.6. The maximum absolute atomic E-state index is 12.2. The van der Waals surface area contributed by atoms with E-state index in [-0.39, 0.29) is 12.0 Å². The van der Waals surface area contributed by atoms with Crippen LogP contribution in [0.4, 0.5) is 0 Å². The van der Waals surface area contributed by atoms with E-state index in [0.29, 0.717) is 5.56 Å². The largest absolute Gasteiger partial charge is 0.465 e. The van der Waals surface area contributed by atoms with E-state index in [1.807, 2.05) is 43.5 Å². The quantitative estimate of drug-likeness (QED) is 0.686. The Balaban J connectivity index is 2.28. The molecule has 4 heteroatoms. The summed E-state index contributed by atoms with van der Waals surface area (Å²) >= 11 is 0. The molecule has 0 bridgehead atoms. The second-order valence-electron chi connectivity index (χ2n) is 5.75. The van der Waals surface area contributed by atoms with Gasteiger partial charge in [0.15, 0.2) is 0 Å². The van der Waals surface area contributed by atoms with Crippen molar-refractivity contribution in [2.24, 2.45) is 0 Å². The molecule has 0 spiro atoms. The highest BCUT2D eigenvalue weighted by molar-refractivity contribution is 6.06. The fraction of sp³-hybridized carbons (Fsp3) is 0.263. The Bertz CT molecular complexity index is 880. The second kappa shape index (κ2) is 5.88. The van der Waals surface area contributed by atoms with Crippen molar-refractivity contribution in [3.63, 3.8) is 0 Å². The highest BCUT2D eigenvalue weighted by Gasteiger charge is 2.23. The molecule has 1 unspecified atom stereocenters.